The first-order valence-corrected chi connectivity index (χ1v) is 9.64. The maximum Gasteiger partial charge on any atom is 0.133 e. The highest BCUT2D eigenvalue weighted by Crippen LogP contribution is 2.45. The van der Waals surface area contributed by atoms with E-state index in [2.05, 4.69) is 41.1 Å². The van der Waals surface area contributed by atoms with Crippen molar-refractivity contribution in [1.82, 2.24) is 9.88 Å². The minimum Gasteiger partial charge on any atom is -0.506 e. The number of fused-ring (bicyclic) bond motifs is 1. The highest BCUT2D eigenvalue weighted by atomic mass is 16.3. The quantitative estimate of drug-likeness (QED) is 0.868. The van der Waals surface area contributed by atoms with Gasteiger partial charge in [0.1, 0.15) is 5.75 Å². The second kappa shape index (κ2) is 7.01. The molecule has 138 valence electrons. The first kappa shape index (κ1) is 17.5. The standard InChI is InChI=1S/C22H28N2O2/c1-16(21-8-7-20(25)12-23-21)13-24-14-18-10-22(26,11-19(18)15-24)9-17-5-3-2-4-6-17/h2-8,12,16,18-19,25-26H,9-11,13-15H2,1H3/t16?,18-,19+,22-. The number of pyridine rings is 1. The van der Waals surface area contributed by atoms with Crippen LogP contribution in [0.25, 0.3) is 0 Å². The molecule has 4 rings (SSSR count). The van der Waals surface area contributed by atoms with Crippen molar-refractivity contribution in [1.29, 1.82) is 0 Å². The van der Waals surface area contributed by atoms with E-state index in [1.807, 2.05) is 12.1 Å². The summed E-state index contributed by atoms with van der Waals surface area (Å²) in [4.78, 5) is 6.87. The maximum atomic E-state index is 11.1. The summed E-state index contributed by atoms with van der Waals surface area (Å²) in [5, 5.41) is 20.5. The molecule has 4 atom stereocenters. The van der Waals surface area contributed by atoms with Gasteiger partial charge < -0.3 is 15.1 Å². The van der Waals surface area contributed by atoms with E-state index in [9.17, 15) is 10.2 Å². The van der Waals surface area contributed by atoms with Crippen molar-refractivity contribution in [3.8, 4) is 5.75 Å². The van der Waals surface area contributed by atoms with Gasteiger partial charge in [-0.2, -0.15) is 0 Å². The van der Waals surface area contributed by atoms with Gasteiger partial charge in [-0.05, 0) is 42.4 Å². The Morgan fingerprint density at radius 1 is 1.12 bits per heavy atom. The van der Waals surface area contributed by atoms with Gasteiger partial charge in [0.05, 0.1) is 11.8 Å². The van der Waals surface area contributed by atoms with Crippen LogP contribution in [0.5, 0.6) is 5.75 Å². The van der Waals surface area contributed by atoms with Crippen LogP contribution in [0.15, 0.2) is 48.7 Å². The minimum absolute atomic E-state index is 0.217. The van der Waals surface area contributed by atoms with E-state index in [-0.39, 0.29) is 5.75 Å². The van der Waals surface area contributed by atoms with Crippen LogP contribution in [-0.2, 0) is 6.42 Å². The highest BCUT2D eigenvalue weighted by molar-refractivity contribution is 5.21. The largest absolute Gasteiger partial charge is 0.506 e. The van der Waals surface area contributed by atoms with E-state index in [1.165, 1.54) is 11.8 Å². The van der Waals surface area contributed by atoms with E-state index >= 15 is 0 Å². The molecule has 1 saturated heterocycles. The summed E-state index contributed by atoms with van der Waals surface area (Å²) in [7, 11) is 0. The van der Waals surface area contributed by atoms with Crippen LogP contribution in [0, 0.1) is 11.8 Å². The topological polar surface area (TPSA) is 56.6 Å². The molecule has 1 unspecified atom stereocenters. The number of benzene rings is 1. The Hall–Kier alpha value is -1.91. The Morgan fingerprint density at radius 2 is 1.81 bits per heavy atom. The maximum absolute atomic E-state index is 11.1. The van der Waals surface area contributed by atoms with E-state index < -0.39 is 5.60 Å². The molecule has 2 heterocycles. The molecular weight excluding hydrogens is 324 g/mol. The molecule has 26 heavy (non-hydrogen) atoms. The average molecular weight is 352 g/mol. The summed E-state index contributed by atoms with van der Waals surface area (Å²) in [6, 6.07) is 14.0. The second-order valence-electron chi connectivity index (χ2n) is 8.38. The van der Waals surface area contributed by atoms with Crippen LogP contribution in [0.4, 0.5) is 0 Å². The van der Waals surface area contributed by atoms with E-state index in [4.69, 9.17) is 0 Å². The smallest absolute Gasteiger partial charge is 0.133 e. The summed E-state index contributed by atoms with van der Waals surface area (Å²) in [5.41, 5.74) is 1.73. The van der Waals surface area contributed by atoms with Crippen molar-refractivity contribution in [2.45, 2.75) is 37.7 Å². The number of nitrogens with zero attached hydrogens (tertiary/aromatic N) is 2. The molecule has 0 spiro atoms. The van der Waals surface area contributed by atoms with Gasteiger partial charge in [-0.3, -0.25) is 4.98 Å². The Morgan fingerprint density at radius 3 is 2.42 bits per heavy atom. The number of likely N-dealkylation sites (tertiary alicyclic amines) is 1. The molecule has 0 bridgehead atoms. The predicted octanol–water partition coefficient (Wildman–Crippen LogP) is 3.21. The molecule has 1 aromatic heterocycles. The van der Waals surface area contributed by atoms with Crippen molar-refractivity contribution >= 4 is 0 Å². The predicted molar refractivity (Wildman–Crippen MR) is 102 cm³/mol. The van der Waals surface area contributed by atoms with Crippen molar-refractivity contribution in [2.24, 2.45) is 11.8 Å². The number of aromatic hydroxyl groups is 1. The lowest BCUT2D eigenvalue weighted by Crippen LogP contribution is -2.33. The summed E-state index contributed by atoms with van der Waals surface area (Å²) >= 11 is 0. The molecule has 0 radical (unpaired) electrons. The SMILES string of the molecule is CC(CN1C[C@@H]2C[C@@](O)(Cc3ccccc3)C[C@@H]2C1)c1ccc(O)cn1. The number of rotatable bonds is 5. The van der Waals surface area contributed by atoms with Gasteiger partial charge in [-0.1, -0.05) is 37.3 Å². The third kappa shape index (κ3) is 3.76. The fourth-order valence-corrected chi connectivity index (χ4v) is 5.00. The van der Waals surface area contributed by atoms with E-state index in [1.54, 1.807) is 6.07 Å². The Labute approximate surface area is 155 Å². The van der Waals surface area contributed by atoms with Gasteiger partial charge in [0, 0.05) is 37.7 Å². The lowest BCUT2D eigenvalue weighted by atomic mass is 9.91. The van der Waals surface area contributed by atoms with Crippen LogP contribution >= 0.6 is 0 Å². The lowest BCUT2D eigenvalue weighted by molar-refractivity contribution is 0.0353. The Kier molecular flexibility index (Phi) is 4.72. The molecule has 2 aliphatic rings. The molecule has 1 aliphatic heterocycles. The van der Waals surface area contributed by atoms with Gasteiger partial charge in [0.15, 0.2) is 0 Å². The Balaban J connectivity index is 1.32. The summed E-state index contributed by atoms with van der Waals surface area (Å²) in [5.74, 6) is 1.76. The fourth-order valence-electron chi connectivity index (χ4n) is 5.00. The second-order valence-corrected chi connectivity index (χ2v) is 8.38. The van der Waals surface area contributed by atoms with Crippen molar-refractivity contribution in [2.75, 3.05) is 19.6 Å². The van der Waals surface area contributed by atoms with Crippen LogP contribution < -0.4 is 0 Å². The summed E-state index contributed by atoms with van der Waals surface area (Å²) in [6.45, 7) is 5.33. The molecule has 0 amide bonds. The zero-order valence-electron chi connectivity index (χ0n) is 15.4. The van der Waals surface area contributed by atoms with Crippen LogP contribution in [-0.4, -0.2) is 45.3 Å². The molecule has 1 aliphatic carbocycles. The Bertz CT molecular complexity index is 718. The van der Waals surface area contributed by atoms with Crippen LogP contribution in [0.2, 0.25) is 0 Å². The average Bonchev–Trinajstić information content (AvgIpc) is 3.10. The molecular formula is C22H28N2O2. The molecule has 4 nitrogen and oxygen atoms in total. The third-order valence-electron chi connectivity index (χ3n) is 6.12. The molecule has 2 fully saturated rings. The molecule has 2 N–H and O–H groups in total. The summed E-state index contributed by atoms with van der Waals surface area (Å²) < 4.78 is 0. The molecule has 2 aromatic rings. The van der Waals surface area contributed by atoms with E-state index in [0.29, 0.717) is 17.8 Å². The van der Waals surface area contributed by atoms with Crippen molar-refractivity contribution in [3.05, 3.63) is 59.9 Å². The van der Waals surface area contributed by atoms with Gasteiger partial charge in [-0.15, -0.1) is 0 Å². The fraction of sp³-hybridized carbons (Fsp3) is 0.500. The highest BCUT2D eigenvalue weighted by Gasteiger charge is 2.48. The summed E-state index contributed by atoms with van der Waals surface area (Å²) in [6.07, 6.45) is 4.12. The first-order chi connectivity index (χ1) is 12.5. The number of aromatic nitrogens is 1. The molecule has 4 heteroatoms. The number of hydrogen-bond donors (Lipinski definition) is 2. The van der Waals surface area contributed by atoms with Gasteiger partial charge >= 0.3 is 0 Å². The molecule has 1 saturated carbocycles. The number of aliphatic hydroxyl groups is 1. The first-order valence-electron chi connectivity index (χ1n) is 9.64. The minimum atomic E-state index is -0.535. The number of hydrogen-bond acceptors (Lipinski definition) is 4. The lowest BCUT2D eigenvalue weighted by Gasteiger charge is -2.27. The van der Waals surface area contributed by atoms with E-state index in [0.717, 1.165) is 44.6 Å². The molecule has 1 aromatic carbocycles. The zero-order valence-corrected chi connectivity index (χ0v) is 15.4. The monoisotopic (exact) mass is 352 g/mol. The zero-order chi connectivity index (χ0) is 18.1. The van der Waals surface area contributed by atoms with Crippen molar-refractivity contribution < 1.29 is 10.2 Å². The van der Waals surface area contributed by atoms with Crippen LogP contribution in [0.1, 0.15) is 36.9 Å². The van der Waals surface area contributed by atoms with Crippen LogP contribution in [0.3, 0.4) is 0 Å². The van der Waals surface area contributed by atoms with Gasteiger partial charge in [0.25, 0.3) is 0 Å². The van der Waals surface area contributed by atoms with Crippen molar-refractivity contribution in [3.63, 3.8) is 0 Å². The van der Waals surface area contributed by atoms with Gasteiger partial charge in [0.2, 0.25) is 0 Å². The third-order valence-corrected chi connectivity index (χ3v) is 6.12. The van der Waals surface area contributed by atoms with Gasteiger partial charge in [-0.25, -0.2) is 0 Å². The normalized spacial score (nSPS) is 29.6.